The molecule has 2 fully saturated rings. The third kappa shape index (κ3) is 7.25. The van der Waals surface area contributed by atoms with Crippen LogP contribution in [0.25, 0.3) is 0 Å². The number of hydrogen-bond acceptors (Lipinski definition) is 8. The number of nitrogens with zero attached hydrogens (tertiary/aromatic N) is 4. The number of anilines is 3. The van der Waals surface area contributed by atoms with Gasteiger partial charge >= 0.3 is 6.18 Å². The summed E-state index contributed by atoms with van der Waals surface area (Å²) in [4.78, 5) is 46.8. The number of benzene rings is 2. The van der Waals surface area contributed by atoms with Crippen LogP contribution in [-0.2, 0) is 28.9 Å². The van der Waals surface area contributed by atoms with Gasteiger partial charge in [0.2, 0.25) is 11.8 Å². The number of imide groups is 1. The van der Waals surface area contributed by atoms with Crippen molar-refractivity contribution in [2.45, 2.75) is 83.9 Å². The van der Waals surface area contributed by atoms with Crippen LogP contribution >= 0.6 is 0 Å². The summed E-state index contributed by atoms with van der Waals surface area (Å²) in [6.07, 6.45) is -1.84. The first kappa shape index (κ1) is 35.1. The average Bonchev–Trinajstić information content (AvgIpc) is 3.39. The van der Waals surface area contributed by atoms with Crippen LogP contribution in [0.5, 0.6) is 5.75 Å². The molecule has 1 atom stereocenters. The number of halogens is 4. The van der Waals surface area contributed by atoms with E-state index in [9.17, 15) is 27.6 Å². The molecule has 0 aliphatic carbocycles. The van der Waals surface area contributed by atoms with Crippen LogP contribution in [0.4, 0.5) is 34.8 Å². The number of alkyl halides is 3. The van der Waals surface area contributed by atoms with Crippen molar-refractivity contribution in [3.8, 4) is 5.75 Å². The maximum absolute atomic E-state index is 15.8. The lowest BCUT2D eigenvalue weighted by molar-refractivity contribution is -0.138. The van der Waals surface area contributed by atoms with E-state index in [2.05, 4.69) is 25.4 Å². The van der Waals surface area contributed by atoms with Gasteiger partial charge in [-0.05, 0) is 76.9 Å². The molecule has 2 N–H and O–H groups in total. The zero-order chi connectivity index (χ0) is 35.9. The fourth-order valence-corrected chi connectivity index (χ4v) is 6.96. The third-order valence-corrected chi connectivity index (χ3v) is 9.59. The van der Waals surface area contributed by atoms with E-state index in [0.717, 1.165) is 49.4 Å². The number of rotatable bonds is 9. The molecule has 3 aliphatic rings. The fraction of sp³-hybridized carbons (Fsp3) is 0.444. The molecule has 4 heterocycles. The molecule has 3 aliphatic heterocycles. The Morgan fingerprint density at radius 3 is 2.46 bits per heavy atom. The number of piperidine rings is 2. The summed E-state index contributed by atoms with van der Waals surface area (Å²) in [6.45, 7) is 7.59. The zero-order valence-electron chi connectivity index (χ0n) is 28.4. The summed E-state index contributed by atoms with van der Waals surface area (Å²) in [7, 11) is 1.96. The minimum absolute atomic E-state index is 0.0146. The SMILES string of the molecule is Cc1cc(Nc2ccc(C(F)(F)F)cn2)c(OC(C)C)cc1N1CCC(N(C)Cc2ccc3c(c2F)CN(C2CCC(=O)NC2=O)C3=O)CC1. The normalized spacial score (nSPS) is 18.6. The van der Waals surface area contributed by atoms with E-state index in [0.29, 0.717) is 23.5 Å². The van der Waals surface area contributed by atoms with E-state index in [1.807, 2.05) is 40.0 Å². The van der Waals surface area contributed by atoms with Gasteiger partial charge in [-0.1, -0.05) is 6.07 Å². The molecule has 0 bridgehead atoms. The molecular formula is C36H40F4N6O4. The molecule has 50 heavy (non-hydrogen) atoms. The standard InChI is InChI=1S/C36H40F4N6O4/c1-20(2)50-30-16-29(21(3)15-27(30)42-31-9-6-23(17-41-31)36(38,39)40)45-13-11-24(12-14-45)44(4)18-22-5-7-25-26(33(22)37)19-46(35(25)49)28-8-10-32(47)43-34(28)48/h5-7,9,15-17,20,24,28H,8,10-14,18-19H2,1-4H3,(H,41,42)(H,43,47,48). The number of carbonyl (C=O) groups excluding carboxylic acids is 3. The van der Waals surface area contributed by atoms with E-state index >= 15 is 4.39 Å². The Kier molecular flexibility index (Phi) is 9.75. The number of carbonyl (C=O) groups is 3. The lowest BCUT2D eigenvalue weighted by Gasteiger charge is -2.38. The average molecular weight is 697 g/mol. The Hall–Kier alpha value is -4.72. The molecule has 1 aromatic heterocycles. The minimum Gasteiger partial charge on any atom is -0.489 e. The zero-order valence-corrected chi connectivity index (χ0v) is 28.4. The fourth-order valence-electron chi connectivity index (χ4n) is 6.96. The molecule has 3 aromatic rings. The van der Waals surface area contributed by atoms with E-state index in [4.69, 9.17) is 4.74 Å². The van der Waals surface area contributed by atoms with Crippen molar-refractivity contribution < 1.29 is 36.7 Å². The molecule has 0 saturated carbocycles. The number of fused-ring (bicyclic) bond motifs is 1. The van der Waals surface area contributed by atoms with E-state index < -0.39 is 35.4 Å². The number of ether oxygens (including phenoxy) is 1. The lowest BCUT2D eigenvalue weighted by atomic mass is 10.00. The van der Waals surface area contributed by atoms with Gasteiger partial charge in [0, 0.05) is 66.7 Å². The van der Waals surface area contributed by atoms with Crippen molar-refractivity contribution in [3.05, 3.63) is 76.2 Å². The molecule has 10 nitrogen and oxygen atoms in total. The highest BCUT2D eigenvalue weighted by atomic mass is 19.4. The van der Waals surface area contributed by atoms with Gasteiger partial charge in [-0.25, -0.2) is 9.37 Å². The van der Waals surface area contributed by atoms with Gasteiger partial charge in [0.25, 0.3) is 5.91 Å². The maximum Gasteiger partial charge on any atom is 0.417 e. The van der Waals surface area contributed by atoms with Crippen molar-refractivity contribution in [1.29, 1.82) is 0 Å². The van der Waals surface area contributed by atoms with Crippen molar-refractivity contribution in [1.82, 2.24) is 20.1 Å². The first-order valence-electron chi connectivity index (χ1n) is 16.7. The molecule has 6 rings (SSSR count). The highest BCUT2D eigenvalue weighted by molar-refractivity contribution is 6.05. The monoisotopic (exact) mass is 696 g/mol. The Morgan fingerprint density at radius 2 is 1.82 bits per heavy atom. The molecule has 2 aromatic carbocycles. The Bertz CT molecular complexity index is 1790. The molecule has 14 heteroatoms. The van der Waals surface area contributed by atoms with Crippen LogP contribution in [-0.4, -0.2) is 70.8 Å². The summed E-state index contributed by atoms with van der Waals surface area (Å²) in [6, 6.07) is 8.78. The first-order valence-corrected chi connectivity index (χ1v) is 16.7. The smallest absolute Gasteiger partial charge is 0.417 e. The second kappa shape index (κ2) is 13.9. The highest BCUT2D eigenvalue weighted by Crippen LogP contribution is 2.38. The quantitative estimate of drug-likeness (QED) is 0.209. The van der Waals surface area contributed by atoms with Gasteiger partial charge < -0.3 is 19.9 Å². The highest BCUT2D eigenvalue weighted by Gasteiger charge is 2.40. The summed E-state index contributed by atoms with van der Waals surface area (Å²) < 4.78 is 61.0. The number of pyridine rings is 1. The van der Waals surface area contributed by atoms with Crippen LogP contribution in [0.2, 0.25) is 0 Å². The number of hydrogen-bond donors (Lipinski definition) is 2. The Labute approximate surface area is 287 Å². The first-order chi connectivity index (χ1) is 23.7. The summed E-state index contributed by atoms with van der Waals surface area (Å²) >= 11 is 0. The van der Waals surface area contributed by atoms with Crippen LogP contribution in [0.3, 0.4) is 0 Å². The summed E-state index contributed by atoms with van der Waals surface area (Å²) in [5.41, 5.74) is 2.73. The van der Waals surface area contributed by atoms with Crippen molar-refractivity contribution in [2.75, 3.05) is 30.4 Å². The van der Waals surface area contributed by atoms with Gasteiger partial charge in [0.05, 0.1) is 23.9 Å². The molecule has 0 spiro atoms. The molecular weight excluding hydrogens is 656 g/mol. The molecule has 266 valence electrons. The Morgan fingerprint density at radius 1 is 1.08 bits per heavy atom. The second-order valence-corrected chi connectivity index (χ2v) is 13.5. The van der Waals surface area contributed by atoms with E-state index in [-0.39, 0.29) is 54.4 Å². The number of aromatic nitrogens is 1. The van der Waals surface area contributed by atoms with Crippen LogP contribution < -0.4 is 20.3 Å². The number of amides is 3. The third-order valence-electron chi connectivity index (χ3n) is 9.59. The lowest BCUT2D eigenvalue weighted by Crippen LogP contribution is -2.52. The van der Waals surface area contributed by atoms with Gasteiger partial charge in [-0.2, -0.15) is 13.2 Å². The van der Waals surface area contributed by atoms with E-state index in [1.54, 1.807) is 12.1 Å². The van der Waals surface area contributed by atoms with Gasteiger partial charge in [-0.3, -0.25) is 24.6 Å². The topological polar surface area (TPSA) is 107 Å². The van der Waals surface area contributed by atoms with Crippen molar-refractivity contribution >= 4 is 34.9 Å². The minimum atomic E-state index is -4.47. The second-order valence-electron chi connectivity index (χ2n) is 13.5. The van der Waals surface area contributed by atoms with Crippen LogP contribution in [0.15, 0.2) is 42.6 Å². The van der Waals surface area contributed by atoms with Crippen LogP contribution in [0.1, 0.15) is 72.1 Å². The Balaban J connectivity index is 1.10. The molecule has 1 unspecified atom stereocenters. The van der Waals surface area contributed by atoms with Crippen molar-refractivity contribution in [2.24, 2.45) is 0 Å². The summed E-state index contributed by atoms with van der Waals surface area (Å²) in [5.74, 6) is -0.929. The van der Waals surface area contributed by atoms with Gasteiger partial charge in [0.1, 0.15) is 23.4 Å². The van der Waals surface area contributed by atoms with Gasteiger partial charge in [0.15, 0.2) is 0 Å². The predicted octanol–water partition coefficient (Wildman–Crippen LogP) is 5.94. The van der Waals surface area contributed by atoms with Crippen molar-refractivity contribution in [3.63, 3.8) is 0 Å². The molecule has 3 amide bonds. The largest absolute Gasteiger partial charge is 0.489 e. The molecule has 0 radical (unpaired) electrons. The molecule has 2 saturated heterocycles. The predicted molar refractivity (Wildman–Crippen MR) is 179 cm³/mol. The number of aryl methyl sites for hydroxylation is 1. The van der Waals surface area contributed by atoms with Crippen LogP contribution in [0, 0.1) is 12.7 Å². The van der Waals surface area contributed by atoms with Gasteiger partial charge in [-0.15, -0.1) is 0 Å². The maximum atomic E-state index is 15.8. The number of nitrogens with one attached hydrogen (secondary N) is 2. The summed E-state index contributed by atoms with van der Waals surface area (Å²) in [5, 5.41) is 5.38. The van der Waals surface area contributed by atoms with E-state index in [1.165, 1.54) is 11.0 Å².